The Morgan fingerprint density at radius 2 is 1.67 bits per heavy atom. The number of rotatable bonds is 13. The van der Waals surface area contributed by atoms with E-state index in [0.717, 1.165) is 18.4 Å². The van der Waals surface area contributed by atoms with Gasteiger partial charge in [-0.2, -0.15) is 8.78 Å². The number of esters is 1. The maximum atomic E-state index is 13.9. The molecule has 1 amide bonds. The van der Waals surface area contributed by atoms with E-state index in [2.05, 4.69) is 9.88 Å². The number of alkyl halides is 2. The Kier molecular flexibility index (Phi) is 13.1. The van der Waals surface area contributed by atoms with Gasteiger partial charge in [0.2, 0.25) is 0 Å². The predicted molar refractivity (Wildman–Crippen MR) is 186 cm³/mol. The summed E-state index contributed by atoms with van der Waals surface area (Å²) in [5, 5.41) is -0.327. The summed E-state index contributed by atoms with van der Waals surface area (Å²) in [5.74, 6) is 0.0621. The number of nitrogens with one attached hydrogen (secondary N) is 1. The van der Waals surface area contributed by atoms with Crippen molar-refractivity contribution < 1.29 is 51.5 Å². The monoisotopic (exact) mass is 787 g/mol. The van der Waals surface area contributed by atoms with Crippen LogP contribution < -0.4 is 14.5 Å². The number of carbonyl (C=O) groups is 2. The third-order valence-electron chi connectivity index (χ3n) is 8.77. The van der Waals surface area contributed by atoms with Crippen LogP contribution in [0.5, 0.6) is 11.5 Å². The maximum Gasteiger partial charge on any atom is 0.387 e. The van der Waals surface area contributed by atoms with E-state index < -0.39 is 33.9 Å². The van der Waals surface area contributed by atoms with E-state index in [-0.39, 0.29) is 40.8 Å². The Hall–Kier alpha value is -3.21. The zero-order valence-electron chi connectivity index (χ0n) is 27.3. The first kappa shape index (κ1) is 39.0. The molecule has 0 bridgehead atoms. The summed E-state index contributed by atoms with van der Waals surface area (Å²) in [4.78, 5) is 33.9. The van der Waals surface area contributed by atoms with E-state index in [1.165, 1.54) is 34.9 Å². The lowest BCUT2D eigenvalue weighted by atomic mass is 10.0. The molecule has 1 aliphatic carbocycles. The second-order valence-electron chi connectivity index (χ2n) is 12.4. The second kappa shape index (κ2) is 17.1. The molecule has 11 nitrogen and oxygen atoms in total. The first-order valence-corrected chi connectivity index (χ1v) is 19.8. The minimum Gasteiger partial charge on any atom is -0.870 e. The number of ether oxygens (including phenoxy) is 3. The summed E-state index contributed by atoms with van der Waals surface area (Å²) in [6, 6.07) is 11.5. The molecule has 2 aliphatic heterocycles. The van der Waals surface area contributed by atoms with Gasteiger partial charge >= 0.3 is 12.6 Å². The number of aromatic amines is 1. The van der Waals surface area contributed by atoms with Crippen LogP contribution in [0.15, 0.2) is 54.9 Å². The van der Waals surface area contributed by atoms with E-state index in [4.69, 9.17) is 37.4 Å². The number of sulfone groups is 1. The van der Waals surface area contributed by atoms with Crippen LogP contribution in [0.25, 0.3) is 0 Å². The molecule has 1 aromatic heterocycles. The highest BCUT2D eigenvalue weighted by Gasteiger charge is 2.38. The van der Waals surface area contributed by atoms with Crippen molar-refractivity contribution in [3.63, 3.8) is 0 Å². The topological polar surface area (TPSA) is 147 Å². The number of halogens is 4. The van der Waals surface area contributed by atoms with Gasteiger partial charge in [0, 0.05) is 49.5 Å². The fourth-order valence-corrected chi connectivity index (χ4v) is 8.67. The third kappa shape index (κ3) is 10.2. The van der Waals surface area contributed by atoms with Crippen LogP contribution in [-0.2, 0) is 32.3 Å². The molecule has 1 saturated carbocycles. The molecule has 0 spiro atoms. The Bertz CT molecular complexity index is 1790. The molecule has 3 fully saturated rings. The van der Waals surface area contributed by atoms with Gasteiger partial charge in [-0.25, -0.2) is 18.2 Å². The van der Waals surface area contributed by atoms with Gasteiger partial charge < -0.3 is 24.6 Å². The third-order valence-corrected chi connectivity index (χ3v) is 12.2. The van der Waals surface area contributed by atoms with E-state index in [0.29, 0.717) is 71.2 Å². The number of amides is 1. The molecule has 276 valence electrons. The molecular formula is C34H37Cl2F2N3O8S2. The molecule has 0 radical (unpaired) electrons. The van der Waals surface area contributed by atoms with Crippen LogP contribution in [-0.4, -0.2) is 91.1 Å². The fraction of sp³-hybridized carbons (Fsp3) is 0.441. The van der Waals surface area contributed by atoms with E-state index in [1.807, 2.05) is 12.1 Å². The Morgan fingerprint density at radius 1 is 0.980 bits per heavy atom. The molecule has 2 N–H and O–H groups in total. The molecule has 17 heteroatoms. The van der Waals surface area contributed by atoms with Crippen molar-refractivity contribution in [3.05, 3.63) is 87.2 Å². The molecule has 3 heterocycles. The van der Waals surface area contributed by atoms with Crippen molar-refractivity contribution >= 4 is 56.7 Å². The number of benzene rings is 2. The van der Waals surface area contributed by atoms with Crippen molar-refractivity contribution in [2.45, 2.75) is 43.9 Å². The number of H-pyrrole nitrogens is 1. The normalized spacial score (nSPS) is 19.3. The SMILES string of the molecule is O=C(O[C@@H](Cc1c(Cl)c[nH+]cc1Cl)c1ccc(OC(F)F)c(OCC2CC2)c1)C1SCCN1C(=O)c1ccc(CN2CCS(=O)(=O)CC2)cc1.[OH-]. The highest BCUT2D eigenvalue weighted by atomic mass is 35.5. The fourth-order valence-electron chi connectivity index (χ4n) is 5.76. The predicted octanol–water partition coefficient (Wildman–Crippen LogP) is 5.29. The largest absolute Gasteiger partial charge is 0.870 e. The second-order valence-corrected chi connectivity index (χ2v) is 16.8. The summed E-state index contributed by atoms with van der Waals surface area (Å²) in [5.41, 5.74) is 2.28. The van der Waals surface area contributed by atoms with Crippen molar-refractivity contribution in [1.29, 1.82) is 0 Å². The number of aromatic nitrogens is 1. The van der Waals surface area contributed by atoms with Crippen molar-refractivity contribution in [1.82, 2.24) is 9.80 Å². The smallest absolute Gasteiger partial charge is 0.387 e. The van der Waals surface area contributed by atoms with Gasteiger partial charge in [0.1, 0.15) is 16.1 Å². The van der Waals surface area contributed by atoms with Crippen LogP contribution >= 0.6 is 35.0 Å². The first-order chi connectivity index (χ1) is 24.0. The summed E-state index contributed by atoms with van der Waals surface area (Å²) in [6.45, 7) is -0.923. The Balaban J connectivity index is 0.00000504. The minimum absolute atomic E-state index is 0. The van der Waals surface area contributed by atoms with Gasteiger partial charge in [0.05, 0.1) is 18.1 Å². The Morgan fingerprint density at radius 3 is 2.31 bits per heavy atom. The standard InChI is InChI=1S/C34H35Cl2F2N3O7S2.H2O/c35-26-17-39-18-27(36)25(26)16-29(24-7-8-28(48-34(37)38)30(15-24)46-20-22-1-2-22)47-33(43)32-41(9-12-49-32)31(42)23-5-3-21(4-6-23)19-40-10-13-50(44,45)14-11-40;/h3-8,15,17-18,22,29,32,34H,1-2,9-14,16,19-20H2;1H2/t29-,32?;/m0./s1. The zero-order chi connectivity index (χ0) is 35.4. The number of hydrogen-bond donors (Lipinski definition) is 0. The van der Waals surface area contributed by atoms with Crippen LogP contribution in [0.2, 0.25) is 10.0 Å². The van der Waals surface area contributed by atoms with Crippen LogP contribution in [0.3, 0.4) is 0 Å². The zero-order valence-corrected chi connectivity index (χ0v) is 30.5. The highest BCUT2D eigenvalue weighted by Crippen LogP contribution is 2.38. The summed E-state index contributed by atoms with van der Waals surface area (Å²) in [7, 11) is -2.98. The average Bonchev–Trinajstić information content (AvgIpc) is 3.79. The Labute approximate surface area is 308 Å². The molecule has 1 unspecified atom stereocenters. The van der Waals surface area contributed by atoms with Gasteiger partial charge in [0.25, 0.3) is 5.91 Å². The van der Waals surface area contributed by atoms with Crippen molar-refractivity contribution in [2.75, 3.05) is 43.5 Å². The molecule has 3 aromatic rings. The van der Waals surface area contributed by atoms with Crippen molar-refractivity contribution in [2.24, 2.45) is 5.92 Å². The number of nitrogens with zero attached hydrogens (tertiary/aromatic N) is 2. The van der Waals surface area contributed by atoms with Gasteiger partial charge in [-0.15, -0.1) is 11.8 Å². The molecule has 51 heavy (non-hydrogen) atoms. The van der Waals surface area contributed by atoms with Crippen LogP contribution in [0.1, 0.15) is 46.0 Å². The minimum atomic E-state index is -3.06. The van der Waals surface area contributed by atoms with E-state index in [1.54, 1.807) is 24.5 Å². The number of pyridine rings is 1. The van der Waals surface area contributed by atoms with E-state index >= 15 is 0 Å². The summed E-state index contributed by atoms with van der Waals surface area (Å²) in [6.07, 6.45) is 4.12. The summed E-state index contributed by atoms with van der Waals surface area (Å²) < 4.78 is 66.7. The maximum absolute atomic E-state index is 13.9. The van der Waals surface area contributed by atoms with Crippen LogP contribution in [0, 0.1) is 5.92 Å². The molecule has 6 rings (SSSR count). The van der Waals surface area contributed by atoms with Gasteiger partial charge in [-0.3, -0.25) is 9.69 Å². The first-order valence-electron chi connectivity index (χ1n) is 16.2. The molecule has 2 atom stereocenters. The van der Waals surface area contributed by atoms with Gasteiger partial charge in [-0.05, 0) is 54.2 Å². The van der Waals surface area contributed by atoms with Gasteiger partial charge in [0.15, 0.2) is 39.1 Å². The molecule has 2 saturated heterocycles. The lowest BCUT2D eigenvalue weighted by Crippen LogP contribution is -2.41. The summed E-state index contributed by atoms with van der Waals surface area (Å²) >= 11 is 14.2. The number of hydrogen-bond acceptors (Lipinski definition) is 10. The van der Waals surface area contributed by atoms with Crippen LogP contribution in [0.4, 0.5) is 8.78 Å². The van der Waals surface area contributed by atoms with Gasteiger partial charge in [-0.1, -0.05) is 41.4 Å². The molecule has 2 aromatic carbocycles. The van der Waals surface area contributed by atoms with E-state index in [9.17, 15) is 26.8 Å². The highest BCUT2D eigenvalue weighted by molar-refractivity contribution is 8.00. The lowest BCUT2D eigenvalue weighted by molar-refractivity contribution is -0.377. The quantitative estimate of drug-likeness (QED) is 0.209. The van der Waals surface area contributed by atoms with Crippen molar-refractivity contribution in [3.8, 4) is 11.5 Å². The average molecular weight is 789 g/mol. The molecular weight excluding hydrogens is 751 g/mol. The molecule has 3 aliphatic rings. The lowest BCUT2D eigenvalue weighted by Gasteiger charge is -2.27. The number of thioether (sulfide) groups is 1. The number of carbonyl (C=O) groups excluding carboxylic acids is 2.